The van der Waals surface area contributed by atoms with Crippen molar-refractivity contribution in [3.63, 3.8) is 0 Å². The molecule has 2 heterocycles. The summed E-state index contributed by atoms with van der Waals surface area (Å²) in [5, 5.41) is 12.0. The molecule has 1 aromatic carbocycles. The van der Waals surface area contributed by atoms with E-state index in [4.69, 9.17) is 16.7 Å². The number of anilines is 1. The van der Waals surface area contributed by atoms with Crippen molar-refractivity contribution in [3.8, 4) is 0 Å². The van der Waals surface area contributed by atoms with Crippen molar-refractivity contribution >= 4 is 35.1 Å². The molecule has 0 bridgehead atoms. The molecule has 3 rings (SSSR count). The number of benzene rings is 1. The maximum Gasteiger partial charge on any atom is 0.323 e. The molecule has 1 unspecified atom stereocenters. The van der Waals surface area contributed by atoms with Crippen LogP contribution in [0.25, 0.3) is 0 Å². The van der Waals surface area contributed by atoms with Gasteiger partial charge in [0.1, 0.15) is 12.0 Å². The third-order valence-corrected chi connectivity index (χ3v) is 4.00. The summed E-state index contributed by atoms with van der Waals surface area (Å²) in [6.07, 6.45) is 0.0231. The molecule has 1 saturated heterocycles. The Balaban J connectivity index is 2.15. The minimum atomic E-state index is -1.10. The van der Waals surface area contributed by atoms with Gasteiger partial charge in [0.25, 0.3) is 0 Å². The summed E-state index contributed by atoms with van der Waals surface area (Å²) in [6, 6.07) is 4.86. The first kappa shape index (κ1) is 12.9. The van der Waals surface area contributed by atoms with Crippen molar-refractivity contribution in [1.82, 2.24) is 5.32 Å². The summed E-state index contributed by atoms with van der Waals surface area (Å²) < 4.78 is 0. The zero-order chi connectivity index (χ0) is 14.5. The lowest BCUT2D eigenvalue weighted by Gasteiger charge is -2.20. The fraction of sp³-hybridized carbons (Fsp3) is 0.308. The second kappa shape index (κ2) is 4.21. The SMILES string of the molecule is O=C(O)CN1C(=O)C2(CNC(=O)C2)c2cc(Cl)ccc21. The fourth-order valence-corrected chi connectivity index (χ4v) is 3.06. The summed E-state index contributed by atoms with van der Waals surface area (Å²) >= 11 is 5.97. The first-order valence-corrected chi connectivity index (χ1v) is 6.42. The lowest BCUT2D eigenvalue weighted by atomic mass is 9.81. The average Bonchev–Trinajstić information content (AvgIpc) is 2.86. The van der Waals surface area contributed by atoms with Crippen LogP contribution in [0.4, 0.5) is 5.69 Å². The van der Waals surface area contributed by atoms with Crippen molar-refractivity contribution in [1.29, 1.82) is 0 Å². The van der Waals surface area contributed by atoms with E-state index < -0.39 is 17.9 Å². The number of amides is 2. The number of aliphatic carboxylic acids is 1. The molecule has 0 aliphatic carbocycles. The molecule has 7 heteroatoms. The Bertz CT molecular complexity index is 645. The molecule has 1 spiro atoms. The van der Waals surface area contributed by atoms with Crippen LogP contribution in [0, 0.1) is 0 Å². The van der Waals surface area contributed by atoms with E-state index in [0.29, 0.717) is 16.3 Å². The molecular formula is C13H11ClN2O4. The summed E-state index contributed by atoms with van der Waals surface area (Å²) in [5.74, 6) is -1.69. The number of carboxylic acids is 1. The van der Waals surface area contributed by atoms with E-state index in [2.05, 4.69) is 5.32 Å². The Morgan fingerprint density at radius 2 is 2.20 bits per heavy atom. The van der Waals surface area contributed by atoms with Gasteiger partial charge >= 0.3 is 5.97 Å². The number of fused-ring (bicyclic) bond motifs is 2. The Kier molecular flexibility index (Phi) is 2.72. The highest BCUT2D eigenvalue weighted by atomic mass is 35.5. The van der Waals surface area contributed by atoms with Crippen LogP contribution in [0.5, 0.6) is 0 Å². The first-order valence-electron chi connectivity index (χ1n) is 6.04. The van der Waals surface area contributed by atoms with Gasteiger partial charge in [0.15, 0.2) is 0 Å². The van der Waals surface area contributed by atoms with Gasteiger partial charge in [0.05, 0.1) is 0 Å². The monoisotopic (exact) mass is 294 g/mol. The molecular weight excluding hydrogens is 284 g/mol. The minimum Gasteiger partial charge on any atom is -0.480 e. The van der Waals surface area contributed by atoms with E-state index in [0.717, 1.165) is 0 Å². The Labute approximate surface area is 119 Å². The highest BCUT2D eigenvalue weighted by Crippen LogP contribution is 2.46. The van der Waals surface area contributed by atoms with E-state index in [9.17, 15) is 14.4 Å². The number of carbonyl (C=O) groups excluding carboxylic acids is 2. The zero-order valence-electron chi connectivity index (χ0n) is 10.4. The molecule has 0 radical (unpaired) electrons. The number of rotatable bonds is 2. The summed E-state index contributed by atoms with van der Waals surface area (Å²) in [7, 11) is 0. The van der Waals surface area contributed by atoms with Crippen molar-refractivity contribution in [2.45, 2.75) is 11.8 Å². The normalized spacial score (nSPS) is 24.1. The molecule has 1 atom stereocenters. The maximum atomic E-state index is 12.6. The molecule has 2 amide bonds. The van der Waals surface area contributed by atoms with Crippen LogP contribution in [0.15, 0.2) is 18.2 Å². The number of hydrogen-bond donors (Lipinski definition) is 2. The number of carbonyl (C=O) groups is 3. The van der Waals surface area contributed by atoms with Gasteiger partial charge in [-0.2, -0.15) is 0 Å². The van der Waals surface area contributed by atoms with Gasteiger partial charge in [-0.15, -0.1) is 0 Å². The predicted octanol–water partition coefficient (Wildman–Crippen LogP) is 0.529. The highest BCUT2D eigenvalue weighted by molar-refractivity contribution is 6.31. The lowest BCUT2D eigenvalue weighted by molar-refractivity contribution is -0.137. The van der Waals surface area contributed by atoms with Gasteiger partial charge in [-0.3, -0.25) is 14.4 Å². The topological polar surface area (TPSA) is 86.7 Å². The Hall–Kier alpha value is -2.08. The van der Waals surface area contributed by atoms with Crippen LogP contribution >= 0.6 is 11.6 Å². The van der Waals surface area contributed by atoms with Crippen molar-refractivity contribution in [2.24, 2.45) is 0 Å². The number of nitrogens with zero attached hydrogens (tertiary/aromatic N) is 1. The highest BCUT2D eigenvalue weighted by Gasteiger charge is 2.55. The van der Waals surface area contributed by atoms with E-state index in [-0.39, 0.29) is 24.8 Å². The van der Waals surface area contributed by atoms with E-state index in [1.165, 1.54) is 4.90 Å². The second-order valence-corrected chi connectivity index (χ2v) is 5.42. The van der Waals surface area contributed by atoms with Crippen LogP contribution < -0.4 is 10.2 Å². The quantitative estimate of drug-likeness (QED) is 0.833. The average molecular weight is 295 g/mol. The standard InChI is InChI=1S/C13H11ClN2O4/c14-7-1-2-9-8(3-7)13(4-10(17)15-6-13)12(20)16(9)5-11(18)19/h1-3H,4-6H2,(H,15,17)(H,18,19). The number of hydrogen-bond acceptors (Lipinski definition) is 3. The largest absolute Gasteiger partial charge is 0.480 e. The van der Waals surface area contributed by atoms with Crippen molar-refractivity contribution < 1.29 is 19.5 Å². The van der Waals surface area contributed by atoms with Gasteiger partial charge < -0.3 is 15.3 Å². The molecule has 1 aromatic rings. The van der Waals surface area contributed by atoms with Gasteiger partial charge in [-0.05, 0) is 23.8 Å². The minimum absolute atomic E-state index is 0.0231. The van der Waals surface area contributed by atoms with Crippen LogP contribution in [0.2, 0.25) is 5.02 Å². The summed E-state index contributed by atoms with van der Waals surface area (Å²) in [4.78, 5) is 36.3. The first-order chi connectivity index (χ1) is 9.44. The molecule has 104 valence electrons. The summed E-state index contributed by atoms with van der Waals surface area (Å²) in [5.41, 5.74) is 0.111. The predicted molar refractivity (Wildman–Crippen MR) is 70.7 cm³/mol. The Morgan fingerprint density at radius 3 is 2.80 bits per heavy atom. The molecule has 20 heavy (non-hydrogen) atoms. The van der Waals surface area contributed by atoms with Gasteiger partial charge in [-0.25, -0.2) is 0 Å². The van der Waals surface area contributed by atoms with Crippen molar-refractivity contribution in [2.75, 3.05) is 18.0 Å². The number of halogens is 1. The number of carboxylic acid groups (broad SMARTS) is 1. The van der Waals surface area contributed by atoms with E-state index in [1.54, 1.807) is 18.2 Å². The van der Waals surface area contributed by atoms with Crippen LogP contribution in [0.1, 0.15) is 12.0 Å². The van der Waals surface area contributed by atoms with Gasteiger partial charge in [-0.1, -0.05) is 11.6 Å². The molecule has 2 N–H and O–H groups in total. The van der Waals surface area contributed by atoms with Crippen LogP contribution in [-0.4, -0.2) is 36.0 Å². The van der Waals surface area contributed by atoms with Gasteiger partial charge in [0, 0.05) is 23.7 Å². The molecule has 0 saturated carbocycles. The maximum absolute atomic E-state index is 12.6. The third-order valence-electron chi connectivity index (χ3n) is 3.76. The Morgan fingerprint density at radius 1 is 1.45 bits per heavy atom. The fourth-order valence-electron chi connectivity index (χ4n) is 2.89. The summed E-state index contributed by atoms with van der Waals surface area (Å²) in [6.45, 7) is -0.252. The molecule has 0 aromatic heterocycles. The molecule has 1 fully saturated rings. The molecule has 6 nitrogen and oxygen atoms in total. The van der Waals surface area contributed by atoms with Crippen molar-refractivity contribution in [3.05, 3.63) is 28.8 Å². The zero-order valence-corrected chi connectivity index (χ0v) is 11.1. The van der Waals surface area contributed by atoms with Crippen LogP contribution in [0.3, 0.4) is 0 Å². The van der Waals surface area contributed by atoms with Crippen LogP contribution in [-0.2, 0) is 19.8 Å². The smallest absolute Gasteiger partial charge is 0.323 e. The lowest BCUT2D eigenvalue weighted by Crippen LogP contribution is -2.43. The van der Waals surface area contributed by atoms with Gasteiger partial charge in [0.2, 0.25) is 11.8 Å². The second-order valence-electron chi connectivity index (χ2n) is 4.98. The van der Waals surface area contributed by atoms with E-state index in [1.807, 2.05) is 0 Å². The third kappa shape index (κ3) is 1.68. The molecule has 2 aliphatic rings. The number of nitrogens with one attached hydrogen (secondary N) is 1. The van der Waals surface area contributed by atoms with E-state index >= 15 is 0 Å². The molecule has 2 aliphatic heterocycles.